The molecule has 3 unspecified atom stereocenters. The molecule has 0 bridgehead atoms. The number of rotatable bonds is 7. The molecule has 1 aromatic carbocycles. The lowest BCUT2D eigenvalue weighted by molar-refractivity contribution is -0.125. The molecule has 3 atom stereocenters. The molecule has 1 heterocycles. The molecule has 1 amide bonds. The summed E-state index contributed by atoms with van der Waals surface area (Å²) in [7, 11) is 6.67. The zero-order valence-electron chi connectivity index (χ0n) is 21.3. The van der Waals surface area contributed by atoms with Gasteiger partial charge in [-0.15, -0.1) is 0 Å². The number of nitrogens with one attached hydrogen (secondary N) is 1. The van der Waals surface area contributed by atoms with Gasteiger partial charge in [0.05, 0.1) is 21.3 Å². The van der Waals surface area contributed by atoms with Gasteiger partial charge in [0.2, 0.25) is 5.91 Å². The van der Waals surface area contributed by atoms with Crippen molar-refractivity contribution in [3.63, 3.8) is 0 Å². The Hall–Kier alpha value is -3.32. The van der Waals surface area contributed by atoms with E-state index < -0.39 is 0 Å². The number of carbonyl (C=O) groups is 2. The molecule has 1 saturated heterocycles. The van der Waals surface area contributed by atoms with Gasteiger partial charge in [0.25, 0.3) is 5.78 Å². The summed E-state index contributed by atoms with van der Waals surface area (Å²) in [5.41, 5.74) is 5.04. The molecule has 7 heteroatoms. The molecule has 0 spiro atoms. The Bertz CT molecular complexity index is 1130. The van der Waals surface area contributed by atoms with Gasteiger partial charge in [-0.2, -0.15) is 0 Å². The highest BCUT2D eigenvalue weighted by molar-refractivity contribution is 6.07. The maximum Gasteiger partial charge on any atom is 0.261 e. The maximum absolute atomic E-state index is 13.3. The largest absolute Gasteiger partial charge is 0.497 e. The zero-order valence-corrected chi connectivity index (χ0v) is 21.3. The lowest BCUT2D eigenvalue weighted by Crippen LogP contribution is -2.41. The first-order chi connectivity index (χ1) is 16.8. The van der Waals surface area contributed by atoms with Crippen LogP contribution in [0.25, 0.3) is 5.57 Å². The third-order valence-corrected chi connectivity index (χ3v) is 7.22. The van der Waals surface area contributed by atoms with E-state index in [1.54, 1.807) is 19.3 Å². The van der Waals surface area contributed by atoms with Crippen molar-refractivity contribution in [2.45, 2.75) is 32.2 Å². The highest BCUT2D eigenvalue weighted by atomic mass is 16.5. The van der Waals surface area contributed by atoms with Gasteiger partial charge >= 0.3 is 0 Å². The van der Waals surface area contributed by atoms with E-state index in [2.05, 4.69) is 24.2 Å². The Kier molecular flexibility index (Phi) is 7.17. The number of nitrogens with zero attached hydrogens (tertiary/aromatic N) is 1. The predicted octanol–water partition coefficient (Wildman–Crippen LogP) is 3.59. The fraction of sp³-hybridized carbons (Fsp3) is 0.429. The van der Waals surface area contributed by atoms with Crippen LogP contribution in [-0.4, -0.2) is 64.1 Å². The quantitative estimate of drug-likeness (QED) is 0.646. The van der Waals surface area contributed by atoms with Gasteiger partial charge in [0.15, 0.2) is 11.5 Å². The van der Waals surface area contributed by atoms with E-state index in [1.807, 2.05) is 31.2 Å². The predicted molar refractivity (Wildman–Crippen MR) is 135 cm³/mol. The van der Waals surface area contributed by atoms with Crippen molar-refractivity contribution in [2.75, 3.05) is 41.5 Å². The fourth-order valence-corrected chi connectivity index (χ4v) is 5.31. The van der Waals surface area contributed by atoms with Crippen molar-refractivity contribution in [2.24, 2.45) is 5.92 Å². The van der Waals surface area contributed by atoms with Gasteiger partial charge in [-0.05, 0) is 79.6 Å². The second-order valence-electron chi connectivity index (χ2n) is 9.47. The van der Waals surface area contributed by atoms with E-state index in [4.69, 9.17) is 14.2 Å². The van der Waals surface area contributed by atoms with Gasteiger partial charge < -0.3 is 24.4 Å². The minimum absolute atomic E-state index is 0.0590. The molecule has 0 saturated carbocycles. The van der Waals surface area contributed by atoms with Crippen LogP contribution in [0.15, 0.2) is 59.1 Å². The lowest BCUT2D eigenvalue weighted by Gasteiger charge is -2.24. The normalized spacial score (nSPS) is 22.9. The van der Waals surface area contributed by atoms with Gasteiger partial charge in [0.1, 0.15) is 5.75 Å². The summed E-state index contributed by atoms with van der Waals surface area (Å²) in [5, 5.41) is 3.25. The molecule has 4 rings (SSSR count). The number of Topliss-reactive ketones (excluding diaryl/α,β-unsaturated/α-hetero) is 1. The van der Waals surface area contributed by atoms with Crippen LogP contribution in [0, 0.1) is 5.92 Å². The zero-order chi connectivity index (χ0) is 25.3. The molecular weight excluding hydrogens is 444 g/mol. The molecular formula is C28H34N2O5. The summed E-state index contributed by atoms with van der Waals surface area (Å²) >= 11 is 0. The first-order valence-corrected chi connectivity index (χ1v) is 11.9. The Morgan fingerprint density at radius 1 is 1.14 bits per heavy atom. The summed E-state index contributed by atoms with van der Waals surface area (Å²) in [6.07, 6.45) is 6.43. The number of amides is 1. The lowest BCUT2D eigenvalue weighted by atomic mass is 9.84. The van der Waals surface area contributed by atoms with Gasteiger partial charge in [-0.25, -0.2) is 0 Å². The first kappa shape index (κ1) is 24.8. The van der Waals surface area contributed by atoms with Crippen molar-refractivity contribution in [1.29, 1.82) is 0 Å². The topological polar surface area (TPSA) is 77.1 Å². The number of likely N-dealkylation sites (tertiary alicyclic amines) is 1. The standard InChI is InChI=1S/C28H34N2O5/c1-16-22(11-18-12-24(34-5)27(31)25(13-18)35-6)21-8-7-20(33-4)14-23(21)26(16)17(2)28(32)29-19-9-10-30(3)15-19/h7-8,11-14,17,19,26H,9-10,15H2,1-6H3,(H,29,32). The third-order valence-electron chi connectivity index (χ3n) is 7.22. The van der Waals surface area contributed by atoms with Crippen molar-refractivity contribution in [3.8, 4) is 5.75 Å². The average Bonchev–Trinajstić information content (AvgIpc) is 3.38. The fourth-order valence-electron chi connectivity index (χ4n) is 5.31. The number of ether oxygens (including phenoxy) is 3. The van der Waals surface area contributed by atoms with Crippen LogP contribution in [0.5, 0.6) is 5.75 Å². The van der Waals surface area contributed by atoms with Crippen molar-refractivity contribution < 1.29 is 23.8 Å². The molecule has 1 N–H and O–H groups in total. The Labute approximate surface area is 207 Å². The number of ketones is 1. The molecule has 35 heavy (non-hydrogen) atoms. The van der Waals surface area contributed by atoms with E-state index in [0.29, 0.717) is 0 Å². The monoisotopic (exact) mass is 478 g/mol. The van der Waals surface area contributed by atoms with Gasteiger partial charge in [-0.3, -0.25) is 9.59 Å². The van der Waals surface area contributed by atoms with E-state index in [0.717, 1.165) is 53.1 Å². The summed E-state index contributed by atoms with van der Waals surface area (Å²) in [6, 6.07) is 6.18. The smallest absolute Gasteiger partial charge is 0.261 e. The number of likely N-dealkylation sites (N-methyl/N-ethyl adjacent to an activating group) is 1. The molecule has 2 aliphatic carbocycles. The summed E-state index contributed by atoms with van der Waals surface area (Å²) in [5.74, 6) is 0.643. The highest BCUT2D eigenvalue weighted by Gasteiger charge is 2.36. The maximum atomic E-state index is 13.3. The van der Waals surface area contributed by atoms with E-state index >= 15 is 0 Å². The van der Waals surface area contributed by atoms with Gasteiger partial charge in [0, 0.05) is 24.4 Å². The summed E-state index contributed by atoms with van der Waals surface area (Å²) in [4.78, 5) is 27.9. The van der Waals surface area contributed by atoms with Crippen LogP contribution >= 0.6 is 0 Å². The SMILES string of the molecule is COC1=CC(=CC2=C(C)C(C(C)C(=O)NC3CCN(C)C3)c3cc(OC)ccc32)C=C(OC)C1=O. The van der Waals surface area contributed by atoms with Crippen LogP contribution in [0.4, 0.5) is 0 Å². The molecule has 0 radical (unpaired) electrons. The van der Waals surface area contributed by atoms with Crippen LogP contribution in [0.1, 0.15) is 37.3 Å². The average molecular weight is 479 g/mol. The first-order valence-electron chi connectivity index (χ1n) is 11.9. The van der Waals surface area contributed by atoms with Crippen molar-refractivity contribution >= 4 is 17.3 Å². The molecule has 3 aliphatic rings. The number of hydrogen-bond acceptors (Lipinski definition) is 6. The molecule has 186 valence electrons. The summed E-state index contributed by atoms with van der Waals surface area (Å²) in [6.45, 7) is 5.94. The minimum Gasteiger partial charge on any atom is -0.497 e. The van der Waals surface area contributed by atoms with Gasteiger partial charge in [-0.1, -0.05) is 18.6 Å². The minimum atomic E-state index is -0.282. The molecule has 1 fully saturated rings. The molecule has 1 aromatic rings. The Morgan fingerprint density at radius 3 is 2.40 bits per heavy atom. The van der Waals surface area contributed by atoms with E-state index in [9.17, 15) is 9.59 Å². The van der Waals surface area contributed by atoms with E-state index in [-0.39, 0.29) is 41.1 Å². The van der Waals surface area contributed by atoms with Crippen molar-refractivity contribution in [1.82, 2.24) is 10.2 Å². The number of hydrogen-bond donors (Lipinski definition) is 1. The second-order valence-corrected chi connectivity index (χ2v) is 9.47. The number of fused-ring (bicyclic) bond motifs is 1. The van der Waals surface area contributed by atoms with E-state index in [1.165, 1.54) is 14.2 Å². The molecule has 7 nitrogen and oxygen atoms in total. The number of allylic oxidation sites excluding steroid dienone is 6. The molecule has 0 aromatic heterocycles. The Balaban J connectivity index is 1.73. The number of benzene rings is 1. The highest BCUT2D eigenvalue weighted by Crippen LogP contribution is 2.48. The van der Waals surface area contributed by atoms with Crippen LogP contribution in [-0.2, 0) is 19.1 Å². The Morgan fingerprint density at radius 2 is 1.83 bits per heavy atom. The third kappa shape index (κ3) is 4.78. The molecule has 1 aliphatic heterocycles. The van der Waals surface area contributed by atoms with Crippen LogP contribution < -0.4 is 10.1 Å². The van der Waals surface area contributed by atoms with Crippen LogP contribution in [0.2, 0.25) is 0 Å². The van der Waals surface area contributed by atoms with Crippen molar-refractivity contribution in [3.05, 3.63) is 70.2 Å². The van der Waals surface area contributed by atoms with Crippen LogP contribution in [0.3, 0.4) is 0 Å². The summed E-state index contributed by atoms with van der Waals surface area (Å²) < 4.78 is 16.1. The number of carbonyl (C=O) groups excluding carboxylic acids is 2. The second kappa shape index (κ2) is 10.1. The number of methoxy groups -OCH3 is 3.